The summed E-state index contributed by atoms with van der Waals surface area (Å²) in [5, 5.41) is 6.23. The smallest absolute Gasteiger partial charge is 0.412 e. The second-order valence-corrected chi connectivity index (χ2v) is 6.66. The predicted molar refractivity (Wildman–Crippen MR) is 99.3 cm³/mol. The Bertz CT molecular complexity index is 977. The van der Waals surface area contributed by atoms with Gasteiger partial charge in [-0.05, 0) is 47.5 Å². The molecule has 0 spiro atoms. The van der Waals surface area contributed by atoms with Gasteiger partial charge < -0.3 is 9.26 Å². The third-order valence-corrected chi connectivity index (χ3v) is 4.50. The summed E-state index contributed by atoms with van der Waals surface area (Å²) in [4.78, 5) is 12.3. The van der Waals surface area contributed by atoms with E-state index in [-0.39, 0.29) is 21.5 Å². The number of nitrogens with zero attached hydrogens (tertiary/aromatic N) is 1. The summed E-state index contributed by atoms with van der Waals surface area (Å²) < 4.78 is 38.5. The van der Waals surface area contributed by atoms with Crippen LogP contribution in [0.15, 0.2) is 51.5 Å². The van der Waals surface area contributed by atoms with Gasteiger partial charge in [0.2, 0.25) is 0 Å². The highest BCUT2D eigenvalue weighted by Crippen LogP contribution is 2.35. The summed E-state index contributed by atoms with van der Waals surface area (Å²) in [5.41, 5.74) is 1.07. The van der Waals surface area contributed by atoms with Gasteiger partial charge in [-0.15, -0.1) is 0 Å². The van der Waals surface area contributed by atoms with Crippen LogP contribution >= 0.6 is 15.9 Å². The van der Waals surface area contributed by atoms with E-state index in [1.807, 2.05) is 30.3 Å². The molecule has 1 heterocycles. The van der Waals surface area contributed by atoms with Gasteiger partial charge in [0, 0.05) is 0 Å². The van der Waals surface area contributed by atoms with Crippen LogP contribution in [-0.4, -0.2) is 11.2 Å². The lowest BCUT2D eigenvalue weighted by Gasteiger charge is -2.14. The van der Waals surface area contributed by atoms with Gasteiger partial charge in [0.15, 0.2) is 5.76 Å². The standard InChI is InChI=1S/C19H15BrF2N2O3/c1-10-17(23-19(25)26-11(2)12-6-4-3-5-7-12)18(27-24-10)13-8-16(22)14(20)9-15(13)21/h3-9,11H,1-2H3,(H,23,25)/t11-/m1/s1. The topological polar surface area (TPSA) is 64.4 Å². The largest absolute Gasteiger partial charge is 0.441 e. The van der Waals surface area contributed by atoms with Crippen molar-refractivity contribution in [3.8, 4) is 11.3 Å². The molecule has 0 aliphatic carbocycles. The lowest BCUT2D eigenvalue weighted by Crippen LogP contribution is -2.16. The third kappa shape index (κ3) is 4.16. The zero-order valence-electron chi connectivity index (χ0n) is 14.4. The number of nitrogens with one attached hydrogen (secondary N) is 1. The number of carbonyl (C=O) groups excluding carboxylic acids is 1. The van der Waals surface area contributed by atoms with Crippen molar-refractivity contribution in [2.24, 2.45) is 0 Å². The molecule has 1 amide bonds. The molecule has 5 nitrogen and oxygen atoms in total. The van der Waals surface area contributed by atoms with Crippen LogP contribution in [0.1, 0.15) is 24.3 Å². The van der Waals surface area contributed by atoms with Gasteiger partial charge in [-0.1, -0.05) is 35.5 Å². The van der Waals surface area contributed by atoms with Crippen LogP contribution in [0.4, 0.5) is 19.3 Å². The molecule has 0 saturated heterocycles. The molecule has 0 fully saturated rings. The van der Waals surface area contributed by atoms with Crippen molar-refractivity contribution in [2.45, 2.75) is 20.0 Å². The van der Waals surface area contributed by atoms with Crippen molar-refractivity contribution in [1.29, 1.82) is 0 Å². The molecule has 0 bridgehead atoms. The van der Waals surface area contributed by atoms with E-state index >= 15 is 0 Å². The maximum absolute atomic E-state index is 14.2. The van der Waals surface area contributed by atoms with Crippen LogP contribution in [-0.2, 0) is 4.74 Å². The van der Waals surface area contributed by atoms with E-state index in [0.29, 0.717) is 5.69 Å². The first-order chi connectivity index (χ1) is 12.9. The molecule has 0 radical (unpaired) electrons. The number of amides is 1. The van der Waals surface area contributed by atoms with Crippen LogP contribution in [0.3, 0.4) is 0 Å². The summed E-state index contributed by atoms with van der Waals surface area (Å²) in [6.45, 7) is 3.29. The molecule has 3 rings (SSSR count). The number of hydrogen-bond donors (Lipinski definition) is 1. The van der Waals surface area contributed by atoms with Crippen molar-refractivity contribution >= 4 is 27.7 Å². The summed E-state index contributed by atoms with van der Waals surface area (Å²) in [6.07, 6.45) is -1.27. The Balaban J connectivity index is 1.83. The average molecular weight is 437 g/mol. The minimum absolute atomic E-state index is 0.0226. The Labute approximate surface area is 162 Å². The first kappa shape index (κ1) is 19.0. The van der Waals surface area contributed by atoms with E-state index in [0.717, 1.165) is 17.7 Å². The Morgan fingerprint density at radius 1 is 1.22 bits per heavy atom. The number of aryl methyl sites for hydroxylation is 1. The number of benzene rings is 2. The highest BCUT2D eigenvalue weighted by Gasteiger charge is 2.23. The van der Waals surface area contributed by atoms with Crippen LogP contribution in [0.5, 0.6) is 0 Å². The number of aromatic nitrogens is 1. The molecule has 8 heteroatoms. The minimum Gasteiger partial charge on any atom is -0.441 e. The highest BCUT2D eigenvalue weighted by atomic mass is 79.9. The normalized spacial score (nSPS) is 11.9. The quantitative estimate of drug-likeness (QED) is 0.509. The van der Waals surface area contributed by atoms with Crippen LogP contribution < -0.4 is 5.32 Å². The van der Waals surface area contributed by atoms with Crippen molar-refractivity contribution in [3.63, 3.8) is 0 Å². The molecule has 0 aliphatic heterocycles. The number of anilines is 1. The van der Waals surface area contributed by atoms with E-state index < -0.39 is 23.8 Å². The van der Waals surface area contributed by atoms with Gasteiger partial charge in [0.1, 0.15) is 29.1 Å². The Morgan fingerprint density at radius 2 is 1.93 bits per heavy atom. The van der Waals surface area contributed by atoms with E-state index in [4.69, 9.17) is 9.26 Å². The second kappa shape index (κ2) is 7.87. The molecular formula is C19H15BrF2N2O3. The van der Waals surface area contributed by atoms with E-state index in [1.54, 1.807) is 13.8 Å². The zero-order chi connectivity index (χ0) is 19.6. The Hall–Kier alpha value is -2.74. The molecule has 27 heavy (non-hydrogen) atoms. The Morgan fingerprint density at radius 3 is 2.63 bits per heavy atom. The van der Waals surface area contributed by atoms with Crippen molar-refractivity contribution < 1.29 is 22.8 Å². The van der Waals surface area contributed by atoms with E-state index in [9.17, 15) is 13.6 Å². The number of halogens is 3. The van der Waals surface area contributed by atoms with Gasteiger partial charge in [0.05, 0.1) is 10.0 Å². The minimum atomic E-state index is -0.767. The van der Waals surface area contributed by atoms with Crippen molar-refractivity contribution in [2.75, 3.05) is 5.32 Å². The average Bonchev–Trinajstić information content (AvgIpc) is 2.99. The molecular weight excluding hydrogens is 422 g/mol. The highest BCUT2D eigenvalue weighted by molar-refractivity contribution is 9.10. The van der Waals surface area contributed by atoms with Gasteiger partial charge in [-0.2, -0.15) is 0 Å². The fraction of sp³-hybridized carbons (Fsp3) is 0.158. The predicted octanol–water partition coefficient (Wildman–Crippen LogP) is 6.00. The zero-order valence-corrected chi connectivity index (χ0v) is 16.0. The number of carbonyl (C=O) groups is 1. The van der Waals surface area contributed by atoms with E-state index in [1.165, 1.54) is 0 Å². The number of hydrogen-bond acceptors (Lipinski definition) is 4. The lowest BCUT2D eigenvalue weighted by molar-refractivity contribution is 0.121. The summed E-state index contributed by atoms with van der Waals surface area (Å²) in [6, 6.07) is 11.1. The lowest BCUT2D eigenvalue weighted by atomic mass is 10.1. The fourth-order valence-corrected chi connectivity index (χ4v) is 2.80. The SMILES string of the molecule is Cc1noc(-c2cc(F)c(Br)cc2F)c1NC(=O)O[C@H](C)c1ccccc1. The first-order valence-electron chi connectivity index (χ1n) is 8.00. The maximum atomic E-state index is 14.2. The molecule has 0 aliphatic rings. The van der Waals surface area contributed by atoms with Gasteiger partial charge in [0.25, 0.3) is 0 Å². The van der Waals surface area contributed by atoms with Crippen molar-refractivity contribution in [1.82, 2.24) is 5.16 Å². The van der Waals surface area contributed by atoms with Gasteiger partial charge in [-0.25, -0.2) is 13.6 Å². The molecule has 0 unspecified atom stereocenters. The molecule has 0 saturated carbocycles. The van der Waals surface area contributed by atoms with E-state index in [2.05, 4.69) is 26.4 Å². The molecule has 2 aromatic carbocycles. The van der Waals surface area contributed by atoms with Crippen molar-refractivity contribution in [3.05, 3.63) is 69.8 Å². The summed E-state index contributed by atoms with van der Waals surface area (Å²) in [7, 11) is 0. The maximum Gasteiger partial charge on any atom is 0.412 e. The second-order valence-electron chi connectivity index (χ2n) is 5.80. The summed E-state index contributed by atoms with van der Waals surface area (Å²) >= 11 is 2.92. The number of rotatable bonds is 4. The number of ether oxygens (including phenoxy) is 1. The first-order valence-corrected chi connectivity index (χ1v) is 8.80. The molecule has 3 aromatic rings. The molecule has 140 valence electrons. The molecule has 1 N–H and O–H groups in total. The molecule has 1 aromatic heterocycles. The van der Waals surface area contributed by atoms with Crippen LogP contribution in [0.25, 0.3) is 11.3 Å². The fourth-order valence-electron chi connectivity index (χ4n) is 2.48. The Kier molecular flexibility index (Phi) is 5.55. The monoisotopic (exact) mass is 436 g/mol. The van der Waals surface area contributed by atoms with Gasteiger partial charge in [-0.3, -0.25) is 5.32 Å². The molecule has 1 atom stereocenters. The third-order valence-electron chi connectivity index (χ3n) is 3.90. The summed E-state index contributed by atoms with van der Waals surface area (Å²) in [5.74, 6) is -1.50. The van der Waals surface area contributed by atoms with Crippen LogP contribution in [0, 0.1) is 18.6 Å². The van der Waals surface area contributed by atoms with Crippen LogP contribution in [0.2, 0.25) is 0 Å². The van der Waals surface area contributed by atoms with Gasteiger partial charge >= 0.3 is 6.09 Å².